The summed E-state index contributed by atoms with van der Waals surface area (Å²) in [6.45, 7) is 10.8. The first-order valence-corrected chi connectivity index (χ1v) is 12.1. The van der Waals surface area contributed by atoms with Crippen molar-refractivity contribution in [3.05, 3.63) is 144 Å². The molecule has 0 unspecified atom stereocenters. The quantitative estimate of drug-likeness (QED) is 0.278. The van der Waals surface area contributed by atoms with E-state index in [2.05, 4.69) is 71.0 Å². The third-order valence-corrected chi connectivity index (χ3v) is 4.40. The second kappa shape index (κ2) is 23.5. The molecule has 0 bridgehead atoms. The fourth-order valence-corrected chi connectivity index (χ4v) is 2.61. The van der Waals surface area contributed by atoms with Crippen molar-refractivity contribution >= 4 is 0 Å². The predicted molar refractivity (Wildman–Crippen MR) is 150 cm³/mol. The van der Waals surface area contributed by atoms with Crippen molar-refractivity contribution in [3.8, 4) is 0 Å². The third-order valence-electron chi connectivity index (χ3n) is 4.40. The molecule has 0 spiro atoms. The molecule has 0 aliphatic carbocycles. The van der Waals surface area contributed by atoms with Crippen LogP contribution in [0.1, 0.15) is 56.2 Å². The van der Waals surface area contributed by atoms with Crippen LogP contribution in [0.2, 0.25) is 0 Å². The Morgan fingerprint density at radius 3 is 0.818 bits per heavy atom. The summed E-state index contributed by atoms with van der Waals surface area (Å²) in [4.78, 5) is 0. The molecule has 176 valence electrons. The van der Waals surface area contributed by atoms with Crippen LogP contribution in [0.4, 0.5) is 0 Å². The molecule has 0 saturated heterocycles. The summed E-state index contributed by atoms with van der Waals surface area (Å²) in [5, 5.41) is 0. The van der Waals surface area contributed by atoms with Gasteiger partial charge in [0, 0.05) is 0 Å². The molecule has 0 radical (unpaired) electrons. The van der Waals surface area contributed by atoms with Crippen LogP contribution in [0.5, 0.6) is 0 Å². The second-order valence-electron chi connectivity index (χ2n) is 7.83. The van der Waals surface area contributed by atoms with E-state index in [0.29, 0.717) is 0 Å². The first-order valence-electron chi connectivity index (χ1n) is 12.1. The van der Waals surface area contributed by atoms with Gasteiger partial charge in [0.1, 0.15) is 0 Å². The van der Waals surface area contributed by atoms with Gasteiger partial charge in [0.25, 0.3) is 0 Å². The van der Waals surface area contributed by atoms with Crippen LogP contribution in [-0.2, 0) is 0 Å². The van der Waals surface area contributed by atoms with Gasteiger partial charge in [-0.15, -0.1) is 0 Å². The Kier molecular flexibility index (Phi) is 21.3. The number of unbranched alkanes of at least 4 members (excludes halogenated alkanes) is 3. The van der Waals surface area contributed by atoms with Gasteiger partial charge in [0.2, 0.25) is 0 Å². The van der Waals surface area contributed by atoms with E-state index in [-0.39, 0.29) is 0 Å². The van der Waals surface area contributed by atoms with Gasteiger partial charge in [0.15, 0.2) is 0 Å². The van der Waals surface area contributed by atoms with Crippen LogP contribution < -0.4 is 0 Å². The Bertz CT molecular complexity index is 746. The fraction of sp³-hybridized carbons (Fsp3) is 0.273. The van der Waals surface area contributed by atoms with E-state index in [4.69, 9.17) is 0 Å². The van der Waals surface area contributed by atoms with Gasteiger partial charge in [-0.3, -0.25) is 0 Å². The van der Waals surface area contributed by atoms with E-state index in [1.807, 2.05) is 91.0 Å². The third kappa shape index (κ3) is 23.4. The molecule has 0 aliphatic heterocycles. The molecule has 0 fully saturated rings. The molecule has 0 nitrogen and oxygen atoms in total. The Labute approximate surface area is 204 Å². The molecule has 4 aromatic carbocycles. The lowest BCUT2D eigenvalue weighted by Gasteiger charge is -1.90. The summed E-state index contributed by atoms with van der Waals surface area (Å²) < 4.78 is 0. The normalized spacial score (nSPS) is 8.64. The zero-order chi connectivity index (χ0) is 24.4. The minimum atomic E-state index is 1.32. The van der Waals surface area contributed by atoms with E-state index in [9.17, 15) is 0 Å². The largest absolute Gasteiger partial charge is 0.0654 e. The highest BCUT2D eigenvalue weighted by molar-refractivity contribution is 5.20. The highest BCUT2D eigenvalue weighted by atomic mass is 13.9. The zero-order valence-electron chi connectivity index (χ0n) is 21.5. The number of rotatable bonds is 3. The number of aryl methyl sites for hydroxylation is 3. The molecule has 4 rings (SSSR count). The van der Waals surface area contributed by atoms with Crippen molar-refractivity contribution < 1.29 is 0 Å². The summed E-state index contributed by atoms with van der Waals surface area (Å²) in [5.41, 5.74) is 4.00. The summed E-state index contributed by atoms with van der Waals surface area (Å²) in [6.07, 6.45) is 5.54. The van der Waals surface area contributed by atoms with Gasteiger partial charge in [-0.25, -0.2) is 0 Å². The van der Waals surface area contributed by atoms with Crippen LogP contribution in [0.25, 0.3) is 0 Å². The number of hydrogen-bond acceptors (Lipinski definition) is 0. The SMILES string of the molecule is CCCCCC.Cc1cccc(C)c1.Cc1ccccc1.c1ccccc1.c1ccccc1. The molecule has 0 atom stereocenters. The summed E-state index contributed by atoms with van der Waals surface area (Å²) >= 11 is 0. The van der Waals surface area contributed by atoms with Crippen molar-refractivity contribution in [1.82, 2.24) is 0 Å². The van der Waals surface area contributed by atoms with Gasteiger partial charge >= 0.3 is 0 Å². The Hall–Kier alpha value is -3.12. The summed E-state index contributed by atoms with van der Waals surface area (Å²) in [7, 11) is 0. The Balaban J connectivity index is 0.000000390. The molecule has 4 aromatic rings. The predicted octanol–water partition coefficient (Wildman–Crippen LogP) is 10.3. The topological polar surface area (TPSA) is 0 Å². The lowest BCUT2D eigenvalue weighted by atomic mass is 10.2. The van der Waals surface area contributed by atoms with Crippen molar-refractivity contribution in [2.75, 3.05) is 0 Å². The minimum absolute atomic E-state index is 1.32. The maximum absolute atomic E-state index is 2.23. The smallest absolute Gasteiger partial charge is 0.0398 e. The average Bonchev–Trinajstić information content (AvgIpc) is 2.87. The first-order chi connectivity index (χ1) is 16.1. The fourth-order valence-electron chi connectivity index (χ4n) is 2.61. The van der Waals surface area contributed by atoms with Gasteiger partial charge in [-0.05, 0) is 20.8 Å². The van der Waals surface area contributed by atoms with E-state index in [1.54, 1.807) is 0 Å². The van der Waals surface area contributed by atoms with Gasteiger partial charge < -0.3 is 0 Å². The van der Waals surface area contributed by atoms with Crippen molar-refractivity contribution in [3.63, 3.8) is 0 Å². The van der Waals surface area contributed by atoms with Crippen molar-refractivity contribution in [2.45, 2.75) is 60.3 Å². The molecular weight excluding hydrogens is 396 g/mol. The Morgan fingerprint density at radius 1 is 0.364 bits per heavy atom. The molecule has 0 heterocycles. The van der Waals surface area contributed by atoms with Gasteiger partial charge in [-0.1, -0.05) is 184 Å². The highest BCUT2D eigenvalue weighted by Crippen LogP contribution is 2.00. The lowest BCUT2D eigenvalue weighted by molar-refractivity contribution is 0.702. The molecule has 0 aromatic heterocycles. The van der Waals surface area contributed by atoms with E-state index < -0.39 is 0 Å². The van der Waals surface area contributed by atoms with Gasteiger partial charge in [0.05, 0.1) is 0 Å². The molecule has 0 amide bonds. The first kappa shape index (κ1) is 29.9. The molecule has 0 aliphatic rings. The monoisotopic (exact) mass is 440 g/mol. The van der Waals surface area contributed by atoms with E-state index in [1.165, 1.54) is 42.4 Å². The van der Waals surface area contributed by atoms with Crippen LogP contribution in [0.15, 0.2) is 127 Å². The minimum Gasteiger partial charge on any atom is -0.0654 e. The van der Waals surface area contributed by atoms with E-state index in [0.717, 1.165) is 0 Å². The van der Waals surface area contributed by atoms with Crippen LogP contribution in [0, 0.1) is 20.8 Å². The summed E-state index contributed by atoms with van der Waals surface area (Å²) in [6, 6.07) is 42.7. The van der Waals surface area contributed by atoms with Crippen molar-refractivity contribution in [1.29, 1.82) is 0 Å². The summed E-state index contributed by atoms with van der Waals surface area (Å²) in [5.74, 6) is 0. The van der Waals surface area contributed by atoms with Crippen LogP contribution in [-0.4, -0.2) is 0 Å². The molecule has 33 heavy (non-hydrogen) atoms. The average molecular weight is 441 g/mol. The van der Waals surface area contributed by atoms with Gasteiger partial charge in [-0.2, -0.15) is 0 Å². The number of benzene rings is 4. The van der Waals surface area contributed by atoms with Crippen molar-refractivity contribution in [2.24, 2.45) is 0 Å². The molecule has 0 N–H and O–H groups in total. The maximum Gasteiger partial charge on any atom is -0.0398 e. The zero-order valence-corrected chi connectivity index (χ0v) is 21.5. The van der Waals surface area contributed by atoms with E-state index >= 15 is 0 Å². The van der Waals surface area contributed by atoms with Crippen LogP contribution >= 0.6 is 0 Å². The maximum atomic E-state index is 2.23. The highest BCUT2D eigenvalue weighted by Gasteiger charge is 1.80. The molecular formula is C33H44. The molecule has 0 heteroatoms. The standard InChI is InChI=1S/C8H10.C7H8.2C6H6.C6H14/c1-7-4-3-5-8(2)6-7;1-7-5-3-2-4-6-7;2*1-2-4-6-5-3-1;1-3-5-6-4-2/h3-6H,1-2H3;2-6H,1H3;2*1-6H;3-6H2,1-2H3. The second-order valence-corrected chi connectivity index (χ2v) is 7.83. The molecule has 0 saturated carbocycles. The number of hydrogen-bond donors (Lipinski definition) is 0. The Morgan fingerprint density at radius 2 is 0.636 bits per heavy atom. The van der Waals surface area contributed by atoms with Crippen LogP contribution in [0.3, 0.4) is 0 Å². The lowest BCUT2D eigenvalue weighted by Crippen LogP contribution is -1.71.